The van der Waals surface area contributed by atoms with E-state index < -0.39 is 0 Å². The molecule has 2 unspecified atom stereocenters. The highest BCUT2D eigenvalue weighted by Gasteiger charge is 2.29. The second kappa shape index (κ2) is 7.60. The van der Waals surface area contributed by atoms with Crippen molar-refractivity contribution in [2.75, 3.05) is 33.5 Å². The zero-order valence-electron chi connectivity index (χ0n) is 9.91. The third-order valence-electron chi connectivity index (χ3n) is 2.88. The lowest BCUT2D eigenvalue weighted by atomic mass is 10.0. The SMILES string of the molecule is COCCOCCNC(=O)C1CCCC1N. The van der Waals surface area contributed by atoms with Crippen molar-refractivity contribution in [3.05, 3.63) is 0 Å². The van der Waals surface area contributed by atoms with Crippen LogP contribution in [0.25, 0.3) is 0 Å². The molecule has 1 aliphatic carbocycles. The molecule has 5 nitrogen and oxygen atoms in total. The molecule has 2 atom stereocenters. The normalized spacial score (nSPS) is 24.6. The molecule has 0 saturated heterocycles. The molecule has 0 heterocycles. The maximum absolute atomic E-state index is 11.7. The smallest absolute Gasteiger partial charge is 0.224 e. The first-order chi connectivity index (χ1) is 7.75. The van der Waals surface area contributed by atoms with E-state index >= 15 is 0 Å². The van der Waals surface area contributed by atoms with Gasteiger partial charge >= 0.3 is 0 Å². The summed E-state index contributed by atoms with van der Waals surface area (Å²) in [5, 5.41) is 2.85. The molecular formula is C11H22N2O3. The van der Waals surface area contributed by atoms with E-state index in [9.17, 15) is 4.79 Å². The molecule has 0 aliphatic heterocycles. The fourth-order valence-corrected chi connectivity index (χ4v) is 1.94. The van der Waals surface area contributed by atoms with Crippen molar-refractivity contribution in [3.63, 3.8) is 0 Å². The minimum atomic E-state index is -0.000949. The molecule has 5 heteroatoms. The summed E-state index contributed by atoms with van der Waals surface area (Å²) < 4.78 is 10.1. The molecule has 1 fully saturated rings. The van der Waals surface area contributed by atoms with Gasteiger partial charge in [0.2, 0.25) is 5.91 Å². The lowest BCUT2D eigenvalue weighted by molar-refractivity contribution is -0.125. The van der Waals surface area contributed by atoms with Crippen molar-refractivity contribution >= 4 is 5.91 Å². The van der Waals surface area contributed by atoms with Crippen LogP contribution in [0.4, 0.5) is 0 Å². The first-order valence-electron chi connectivity index (χ1n) is 5.85. The van der Waals surface area contributed by atoms with Crippen molar-refractivity contribution in [3.8, 4) is 0 Å². The number of carbonyl (C=O) groups excluding carboxylic acids is 1. The van der Waals surface area contributed by atoms with Gasteiger partial charge in [-0.1, -0.05) is 6.42 Å². The van der Waals surface area contributed by atoms with E-state index in [0.717, 1.165) is 19.3 Å². The Morgan fingerprint density at radius 1 is 1.38 bits per heavy atom. The zero-order valence-corrected chi connectivity index (χ0v) is 9.91. The number of hydrogen-bond acceptors (Lipinski definition) is 4. The number of nitrogens with two attached hydrogens (primary N) is 1. The summed E-state index contributed by atoms with van der Waals surface area (Å²) in [6.07, 6.45) is 2.93. The van der Waals surface area contributed by atoms with Crippen LogP contribution < -0.4 is 11.1 Å². The van der Waals surface area contributed by atoms with Gasteiger partial charge in [-0.2, -0.15) is 0 Å². The van der Waals surface area contributed by atoms with E-state index in [4.69, 9.17) is 15.2 Å². The van der Waals surface area contributed by atoms with Crippen LogP contribution in [0.3, 0.4) is 0 Å². The van der Waals surface area contributed by atoms with Crippen molar-refractivity contribution < 1.29 is 14.3 Å². The van der Waals surface area contributed by atoms with Crippen LogP contribution in [0.1, 0.15) is 19.3 Å². The molecule has 0 aromatic rings. The first kappa shape index (κ1) is 13.4. The molecule has 0 aromatic carbocycles. The molecule has 1 rings (SSSR count). The maximum atomic E-state index is 11.7. The van der Waals surface area contributed by atoms with Gasteiger partial charge < -0.3 is 20.5 Å². The number of nitrogens with one attached hydrogen (secondary N) is 1. The lowest BCUT2D eigenvalue weighted by Gasteiger charge is -2.15. The second-order valence-electron chi connectivity index (χ2n) is 4.10. The highest BCUT2D eigenvalue weighted by Crippen LogP contribution is 2.23. The maximum Gasteiger partial charge on any atom is 0.224 e. The molecule has 0 aromatic heterocycles. The molecular weight excluding hydrogens is 208 g/mol. The average Bonchev–Trinajstić information content (AvgIpc) is 2.69. The van der Waals surface area contributed by atoms with Gasteiger partial charge in [0.25, 0.3) is 0 Å². The van der Waals surface area contributed by atoms with Crippen LogP contribution in [0, 0.1) is 5.92 Å². The van der Waals surface area contributed by atoms with Gasteiger partial charge in [-0.15, -0.1) is 0 Å². The van der Waals surface area contributed by atoms with Crippen LogP contribution >= 0.6 is 0 Å². The second-order valence-corrected chi connectivity index (χ2v) is 4.10. The Kier molecular flexibility index (Phi) is 6.37. The number of ether oxygens (including phenoxy) is 2. The minimum absolute atomic E-state index is 0.000949. The van der Waals surface area contributed by atoms with E-state index in [1.54, 1.807) is 7.11 Å². The summed E-state index contributed by atoms with van der Waals surface area (Å²) in [5.41, 5.74) is 5.84. The van der Waals surface area contributed by atoms with E-state index in [1.807, 2.05) is 0 Å². The first-order valence-corrected chi connectivity index (χ1v) is 5.85. The Labute approximate surface area is 96.7 Å². The molecule has 1 saturated carbocycles. The number of amides is 1. The summed E-state index contributed by atoms with van der Waals surface area (Å²) in [5.74, 6) is 0.0688. The summed E-state index contributed by atoms with van der Waals surface area (Å²) >= 11 is 0. The van der Waals surface area contributed by atoms with Gasteiger partial charge in [0.1, 0.15) is 0 Å². The predicted octanol–water partition coefficient (Wildman–Crippen LogP) is -0.107. The topological polar surface area (TPSA) is 73.6 Å². The lowest BCUT2D eigenvalue weighted by Crippen LogP contribution is -2.39. The zero-order chi connectivity index (χ0) is 11.8. The monoisotopic (exact) mass is 230 g/mol. The summed E-state index contributed by atoms with van der Waals surface area (Å²) in [7, 11) is 1.63. The van der Waals surface area contributed by atoms with Crippen molar-refractivity contribution in [1.82, 2.24) is 5.32 Å². The fourth-order valence-electron chi connectivity index (χ4n) is 1.94. The van der Waals surface area contributed by atoms with Gasteiger partial charge in [-0.05, 0) is 12.8 Å². The molecule has 1 aliphatic rings. The van der Waals surface area contributed by atoms with Gasteiger partial charge in [-0.3, -0.25) is 4.79 Å². The number of rotatable bonds is 7. The summed E-state index contributed by atoms with van der Waals surface area (Å²) in [6.45, 7) is 2.22. The van der Waals surface area contributed by atoms with Crippen LogP contribution in [0.2, 0.25) is 0 Å². The van der Waals surface area contributed by atoms with Gasteiger partial charge in [0.05, 0.1) is 25.7 Å². The molecule has 0 bridgehead atoms. The number of hydrogen-bond donors (Lipinski definition) is 2. The van der Waals surface area contributed by atoms with Crippen LogP contribution in [-0.2, 0) is 14.3 Å². The highest BCUT2D eigenvalue weighted by molar-refractivity contribution is 5.79. The van der Waals surface area contributed by atoms with Crippen LogP contribution in [-0.4, -0.2) is 45.4 Å². The van der Waals surface area contributed by atoms with E-state index in [0.29, 0.717) is 26.4 Å². The third kappa shape index (κ3) is 4.47. The van der Waals surface area contributed by atoms with E-state index in [1.165, 1.54) is 0 Å². The largest absolute Gasteiger partial charge is 0.382 e. The molecule has 1 amide bonds. The summed E-state index contributed by atoms with van der Waals surface area (Å²) in [6, 6.07) is 0.0365. The number of methoxy groups -OCH3 is 1. The van der Waals surface area contributed by atoms with Gasteiger partial charge in [0.15, 0.2) is 0 Å². The predicted molar refractivity (Wildman–Crippen MR) is 61.0 cm³/mol. The molecule has 0 spiro atoms. The van der Waals surface area contributed by atoms with Crippen LogP contribution in [0.15, 0.2) is 0 Å². The molecule has 0 radical (unpaired) electrons. The summed E-state index contributed by atoms with van der Waals surface area (Å²) in [4.78, 5) is 11.7. The minimum Gasteiger partial charge on any atom is -0.382 e. The fraction of sp³-hybridized carbons (Fsp3) is 0.909. The van der Waals surface area contributed by atoms with Crippen molar-refractivity contribution in [2.24, 2.45) is 11.7 Å². The Morgan fingerprint density at radius 2 is 2.19 bits per heavy atom. The van der Waals surface area contributed by atoms with Crippen LogP contribution in [0.5, 0.6) is 0 Å². The van der Waals surface area contributed by atoms with E-state index in [2.05, 4.69) is 5.32 Å². The standard InChI is InChI=1S/C11H22N2O3/c1-15-7-8-16-6-5-13-11(14)9-3-2-4-10(9)12/h9-10H,2-8,12H2,1H3,(H,13,14). The Bertz CT molecular complexity index is 211. The number of carbonyl (C=O) groups is 1. The average molecular weight is 230 g/mol. The van der Waals surface area contributed by atoms with Crippen molar-refractivity contribution in [1.29, 1.82) is 0 Å². The Balaban J connectivity index is 2.02. The van der Waals surface area contributed by atoms with Gasteiger partial charge in [0, 0.05) is 19.7 Å². The molecule has 16 heavy (non-hydrogen) atoms. The van der Waals surface area contributed by atoms with Crippen molar-refractivity contribution in [2.45, 2.75) is 25.3 Å². The third-order valence-corrected chi connectivity index (χ3v) is 2.88. The van der Waals surface area contributed by atoms with E-state index in [-0.39, 0.29) is 17.9 Å². The highest BCUT2D eigenvalue weighted by atomic mass is 16.5. The Morgan fingerprint density at radius 3 is 2.81 bits per heavy atom. The Hall–Kier alpha value is -0.650. The molecule has 3 N–H and O–H groups in total. The molecule has 94 valence electrons. The quantitative estimate of drug-likeness (QED) is 0.599. The van der Waals surface area contributed by atoms with Gasteiger partial charge in [-0.25, -0.2) is 0 Å².